The van der Waals surface area contributed by atoms with Crippen molar-refractivity contribution < 1.29 is 22.4 Å². The molecule has 2 saturated heterocycles. The van der Waals surface area contributed by atoms with Gasteiger partial charge in [0.2, 0.25) is 17.7 Å². The van der Waals surface area contributed by atoms with Crippen LogP contribution in [-0.2, 0) is 11.2 Å². The molecule has 0 saturated carbocycles. The summed E-state index contributed by atoms with van der Waals surface area (Å²) in [6, 6.07) is -0.161. The Morgan fingerprint density at radius 1 is 1.12 bits per heavy atom. The summed E-state index contributed by atoms with van der Waals surface area (Å²) in [6.07, 6.45) is -1.28. The van der Waals surface area contributed by atoms with Gasteiger partial charge < -0.3 is 9.32 Å². The van der Waals surface area contributed by atoms with Crippen LogP contribution >= 0.6 is 0 Å². The number of aromatic nitrogens is 2. The third-order valence-corrected chi connectivity index (χ3v) is 4.56. The van der Waals surface area contributed by atoms with E-state index >= 15 is 0 Å². The van der Waals surface area contributed by atoms with Crippen molar-refractivity contribution in [3.8, 4) is 0 Å². The molecule has 134 valence electrons. The van der Waals surface area contributed by atoms with E-state index in [9.17, 15) is 18.0 Å². The summed E-state index contributed by atoms with van der Waals surface area (Å²) in [4.78, 5) is 15.7. The van der Waals surface area contributed by atoms with Crippen LogP contribution in [0.5, 0.6) is 0 Å². The first-order valence-electron chi connectivity index (χ1n) is 8.33. The predicted molar refractivity (Wildman–Crippen MR) is 78.0 cm³/mol. The van der Waals surface area contributed by atoms with E-state index in [1.165, 1.54) is 0 Å². The Morgan fingerprint density at radius 3 is 2.67 bits per heavy atom. The van der Waals surface area contributed by atoms with E-state index in [0.717, 1.165) is 38.8 Å². The highest BCUT2D eigenvalue weighted by atomic mass is 19.4. The van der Waals surface area contributed by atoms with Crippen molar-refractivity contribution in [2.45, 2.75) is 50.7 Å². The predicted octanol–water partition coefficient (Wildman–Crippen LogP) is 2.32. The minimum absolute atomic E-state index is 0.161. The van der Waals surface area contributed by atoms with Crippen LogP contribution in [0.3, 0.4) is 0 Å². The molecule has 2 aliphatic heterocycles. The molecule has 1 unspecified atom stereocenters. The van der Waals surface area contributed by atoms with Crippen LogP contribution in [-0.4, -0.2) is 58.3 Å². The van der Waals surface area contributed by atoms with Gasteiger partial charge in [0.25, 0.3) is 0 Å². The van der Waals surface area contributed by atoms with E-state index in [4.69, 9.17) is 4.42 Å². The molecule has 0 spiro atoms. The Hall–Kier alpha value is -1.64. The Labute approximate surface area is 138 Å². The number of carbonyl (C=O) groups excluding carboxylic acids is 1. The number of rotatable bonds is 5. The van der Waals surface area contributed by atoms with Gasteiger partial charge in [-0.1, -0.05) is 6.42 Å². The molecule has 9 heteroatoms. The van der Waals surface area contributed by atoms with E-state index in [1.807, 2.05) is 4.90 Å². The minimum Gasteiger partial charge on any atom is -0.423 e. The Kier molecular flexibility index (Phi) is 5.07. The van der Waals surface area contributed by atoms with Crippen molar-refractivity contribution >= 4 is 5.91 Å². The minimum atomic E-state index is -4.35. The molecule has 3 rings (SSSR count). The molecular formula is C15H21F3N4O2. The first-order chi connectivity index (χ1) is 11.4. The van der Waals surface area contributed by atoms with Crippen molar-refractivity contribution in [3.63, 3.8) is 0 Å². The fourth-order valence-electron chi connectivity index (χ4n) is 3.37. The van der Waals surface area contributed by atoms with Gasteiger partial charge in [-0.15, -0.1) is 10.2 Å². The lowest BCUT2D eigenvalue weighted by Crippen LogP contribution is -2.40. The maximum atomic E-state index is 12.4. The summed E-state index contributed by atoms with van der Waals surface area (Å²) in [7, 11) is 0. The number of carbonyl (C=O) groups is 1. The quantitative estimate of drug-likeness (QED) is 0.819. The van der Waals surface area contributed by atoms with Gasteiger partial charge in [-0.25, -0.2) is 0 Å². The molecule has 0 aliphatic carbocycles. The van der Waals surface area contributed by atoms with Crippen molar-refractivity contribution in [1.82, 2.24) is 20.0 Å². The molecule has 3 heterocycles. The average molecular weight is 346 g/mol. The second-order valence-corrected chi connectivity index (χ2v) is 6.36. The first kappa shape index (κ1) is 17.2. The van der Waals surface area contributed by atoms with E-state index in [2.05, 4.69) is 15.1 Å². The van der Waals surface area contributed by atoms with Crippen LogP contribution in [0.2, 0.25) is 0 Å². The highest BCUT2D eigenvalue weighted by Gasteiger charge is 2.33. The second kappa shape index (κ2) is 7.08. The smallest absolute Gasteiger partial charge is 0.397 e. The summed E-state index contributed by atoms with van der Waals surface area (Å²) in [5.41, 5.74) is 0. The number of halogens is 3. The molecule has 0 radical (unpaired) electrons. The molecule has 1 aromatic rings. The Bertz CT molecular complexity index is 575. The van der Waals surface area contributed by atoms with Crippen LogP contribution < -0.4 is 0 Å². The van der Waals surface area contributed by atoms with Crippen molar-refractivity contribution in [2.24, 2.45) is 0 Å². The molecule has 1 atom stereocenters. The number of likely N-dealkylation sites (tertiary alicyclic amines) is 2. The molecule has 2 aliphatic rings. The summed E-state index contributed by atoms with van der Waals surface area (Å²) in [5.74, 6) is 0.0354. The molecule has 1 amide bonds. The van der Waals surface area contributed by atoms with Crippen LogP contribution in [0.4, 0.5) is 13.2 Å². The monoisotopic (exact) mass is 346 g/mol. The number of amides is 1. The maximum Gasteiger partial charge on any atom is 0.397 e. The van der Waals surface area contributed by atoms with E-state index in [-0.39, 0.29) is 17.8 Å². The topological polar surface area (TPSA) is 62.5 Å². The summed E-state index contributed by atoms with van der Waals surface area (Å²) >= 11 is 0. The third-order valence-electron chi connectivity index (χ3n) is 4.56. The largest absolute Gasteiger partial charge is 0.423 e. The fourth-order valence-corrected chi connectivity index (χ4v) is 3.37. The number of piperidine rings is 1. The van der Waals surface area contributed by atoms with Crippen LogP contribution in [0.15, 0.2) is 4.42 Å². The van der Waals surface area contributed by atoms with Gasteiger partial charge in [-0.2, -0.15) is 13.2 Å². The summed E-state index contributed by atoms with van der Waals surface area (Å²) in [5, 5.41) is 7.36. The summed E-state index contributed by atoms with van der Waals surface area (Å²) < 4.78 is 42.5. The molecule has 0 N–H and O–H groups in total. The van der Waals surface area contributed by atoms with Gasteiger partial charge >= 0.3 is 6.18 Å². The van der Waals surface area contributed by atoms with Crippen molar-refractivity contribution in [3.05, 3.63) is 11.8 Å². The molecule has 1 aromatic heterocycles. The summed E-state index contributed by atoms with van der Waals surface area (Å²) in [6.45, 7) is 2.92. The van der Waals surface area contributed by atoms with Gasteiger partial charge in [-0.05, 0) is 25.8 Å². The van der Waals surface area contributed by atoms with E-state index < -0.39 is 18.5 Å². The number of hydrogen-bond donors (Lipinski definition) is 0. The zero-order valence-corrected chi connectivity index (χ0v) is 13.4. The van der Waals surface area contributed by atoms with Gasteiger partial charge in [0.1, 0.15) is 6.42 Å². The number of hydrogen-bond acceptors (Lipinski definition) is 5. The fraction of sp³-hybridized carbons (Fsp3) is 0.800. The molecule has 6 nitrogen and oxygen atoms in total. The standard InChI is InChI=1S/C15H21F3N4O2/c16-15(17,18)10-12-19-20-14(24-12)11-4-1-2-6-21(11)8-9-22-7-3-5-13(22)23/h11H,1-10H2. The van der Waals surface area contributed by atoms with Gasteiger partial charge in [0.05, 0.1) is 6.04 Å². The lowest BCUT2D eigenvalue weighted by molar-refractivity contribution is -0.131. The van der Waals surface area contributed by atoms with Gasteiger partial charge in [0.15, 0.2) is 0 Å². The van der Waals surface area contributed by atoms with Crippen LogP contribution in [0, 0.1) is 0 Å². The van der Waals surface area contributed by atoms with Gasteiger partial charge in [-0.3, -0.25) is 9.69 Å². The number of nitrogens with zero attached hydrogens (tertiary/aromatic N) is 4. The SMILES string of the molecule is O=C1CCCN1CCN1CCCCC1c1nnc(CC(F)(F)F)o1. The lowest BCUT2D eigenvalue weighted by Gasteiger charge is -2.34. The normalized spacial score (nSPS) is 23.2. The van der Waals surface area contributed by atoms with Crippen molar-refractivity contribution in [1.29, 1.82) is 0 Å². The molecule has 0 aromatic carbocycles. The Morgan fingerprint density at radius 2 is 1.96 bits per heavy atom. The van der Waals surface area contributed by atoms with E-state index in [1.54, 1.807) is 0 Å². The highest BCUT2D eigenvalue weighted by molar-refractivity contribution is 5.78. The zero-order valence-electron chi connectivity index (χ0n) is 13.4. The van der Waals surface area contributed by atoms with Gasteiger partial charge in [0, 0.05) is 26.1 Å². The molecular weight excluding hydrogens is 325 g/mol. The maximum absolute atomic E-state index is 12.4. The molecule has 0 bridgehead atoms. The molecule has 2 fully saturated rings. The third kappa shape index (κ3) is 4.25. The Balaban J connectivity index is 1.62. The molecule has 24 heavy (non-hydrogen) atoms. The number of alkyl halides is 3. The van der Waals surface area contributed by atoms with Crippen molar-refractivity contribution in [2.75, 3.05) is 26.2 Å². The lowest BCUT2D eigenvalue weighted by atomic mass is 10.0. The zero-order chi connectivity index (χ0) is 17.2. The highest BCUT2D eigenvalue weighted by Crippen LogP contribution is 2.31. The van der Waals surface area contributed by atoms with Crippen LogP contribution in [0.25, 0.3) is 0 Å². The second-order valence-electron chi connectivity index (χ2n) is 6.36. The van der Waals surface area contributed by atoms with E-state index in [0.29, 0.717) is 19.5 Å². The van der Waals surface area contributed by atoms with Crippen LogP contribution in [0.1, 0.15) is 49.9 Å². The first-order valence-corrected chi connectivity index (χ1v) is 8.33. The average Bonchev–Trinajstić information content (AvgIpc) is 3.13.